The predicted molar refractivity (Wildman–Crippen MR) is 93.5 cm³/mol. The highest BCUT2D eigenvalue weighted by atomic mass is 16.5. The van der Waals surface area contributed by atoms with Gasteiger partial charge in [0.1, 0.15) is 11.5 Å². The van der Waals surface area contributed by atoms with E-state index in [-0.39, 0.29) is 11.9 Å². The van der Waals surface area contributed by atoms with E-state index in [2.05, 4.69) is 23.5 Å². The van der Waals surface area contributed by atoms with Gasteiger partial charge < -0.3 is 14.8 Å². The molecule has 126 valence electrons. The molecule has 1 unspecified atom stereocenters. The first-order valence-electron chi connectivity index (χ1n) is 8.28. The molecular formula is C20H23NO3. The SMILES string of the molecule is COc1cc(CCC(=O)NC2CCc3ccccc32)cc(OC)c1. The molecule has 0 heterocycles. The fourth-order valence-electron chi connectivity index (χ4n) is 3.24. The molecule has 4 heteroatoms. The fourth-order valence-corrected chi connectivity index (χ4v) is 3.24. The molecule has 2 aromatic rings. The summed E-state index contributed by atoms with van der Waals surface area (Å²) < 4.78 is 10.5. The van der Waals surface area contributed by atoms with Gasteiger partial charge in [-0.25, -0.2) is 0 Å². The third-order valence-corrected chi connectivity index (χ3v) is 4.52. The highest BCUT2D eigenvalue weighted by molar-refractivity contribution is 5.77. The van der Waals surface area contributed by atoms with Gasteiger partial charge >= 0.3 is 0 Å². The summed E-state index contributed by atoms with van der Waals surface area (Å²) in [6.07, 6.45) is 3.13. The average Bonchev–Trinajstić information content (AvgIpc) is 3.02. The van der Waals surface area contributed by atoms with E-state index < -0.39 is 0 Å². The van der Waals surface area contributed by atoms with Crippen molar-refractivity contribution in [1.29, 1.82) is 0 Å². The van der Waals surface area contributed by atoms with E-state index in [1.165, 1.54) is 11.1 Å². The Hall–Kier alpha value is -2.49. The summed E-state index contributed by atoms with van der Waals surface area (Å²) in [5.41, 5.74) is 3.64. The summed E-state index contributed by atoms with van der Waals surface area (Å²) in [5, 5.41) is 3.16. The smallest absolute Gasteiger partial charge is 0.220 e. The monoisotopic (exact) mass is 325 g/mol. The van der Waals surface area contributed by atoms with Crippen LogP contribution in [-0.2, 0) is 17.6 Å². The van der Waals surface area contributed by atoms with Gasteiger partial charge in [0.05, 0.1) is 20.3 Å². The van der Waals surface area contributed by atoms with Gasteiger partial charge in [-0.15, -0.1) is 0 Å². The van der Waals surface area contributed by atoms with Crippen LogP contribution in [0.15, 0.2) is 42.5 Å². The Labute approximate surface area is 142 Å². The minimum absolute atomic E-state index is 0.0819. The van der Waals surface area contributed by atoms with Gasteiger partial charge in [-0.1, -0.05) is 24.3 Å². The van der Waals surface area contributed by atoms with Crippen LogP contribution in [0.1, 0.15) is 35.6 Å². The van der Waals surface area contributed by atoms with Gasteiger partial charge in [0.2, 0.25) is 5.91 Å². The number of nitrogens with one attached hydrogen (secondary N) is 1. The fraction of sp³-hybridized carbons (Fsp3) is 0.350. The lowest BCUT2D eigenvalue weighted by atomic mass is 10.1. The van der Waals surface area contributed by atoms with Gasteiger partial charge in [0, 0.05) is 12.5 Å². The van der Waals surface area contributed by atoms with Gasteiger partial charge in [0.25, 0.3) is 0 Å². The molecule has 0 radical (unpaired) electrons. The Bertz CT molecular complexity index is 704. The van der Waals surface area contributed by atoms with Crippen molar-refractivity contribution >= 4 is 5.91 Å². The highest BCUT2D eigenvalue weighted by Crippen LogP contribution is 2.30. The van der Waals surface area contributed by atoms with Crippen LogP contribution in [-0.4, -0.2) is 20.1 Å². The van der Waals surface area contributed by atoms with E-state index in [1.807, 2.05) is 24.3 Å². The van der Waals surface area contributed by atoms with E-state index in [1.54, 1.807) is 14.2 Å². The zero-order chi connectivity index (χ0) is 16.9. The van der Waals surface area contributed by atoms with Crippen molar-refractivity contribution in [2.45, 2.75) is 31.7 Å². The maximum atomic E-state index is 12.3. The number of benzene rings is 2. The summed E-state index contributed by atoms with van der Waals surface area (Å²) in [4.78, 5) is 12.3. The molecule has 1 aliphatic rings. The van der Waals surface area contributed by atoms with Crippen LogP contribution in [0.5, 0.6) is 11.5 Å². The molecular weight excluding hydrogens is 302 g/mol. The number of carbonyl (C=O) groups excluding carboxylic acids is 1. The number of amides is 1. The van der Waals surface area contributed by atoms with Crippen molar-refractivity contribution in [1.82, 2.24) is 5.32 Å². The topological polar surface area (TPSA) is 47.6 Å². The molecule has 2 aromatic carbocycles. The standard InChI is InChI=1S/C20H23NO3/c1-23-16-11-14(12-17(13-16)24-2)7-10-20(22)21-19-9-8-15-5-3-4-6-18(15)19/h3-6,11-13,19H,7-10H2,1-2H3,(H,21,22). The van der Waals surface area contributed by atoms with Crippen LogP contribution >= 0.6 is 0 Å². The van der Waals surface area contributed by atoms with E-state index in [4.69, 9.17) is 9.47 Å². The lowest BCUT2D eigenvalue weighted by Gasteiger charge is -2.14. The zero-order valence-electron chi connectivity index (χ0n) is 14.2. The predicted octanol–water partition coefficient (Wildman–Crippen LogP) is 3.44. The number of ether oxygens (including phenoxy) is 2. The second-order valence-corrected chi connectivity index (χ2v) is 6.08. The van der Waals surface area contributed by atoms with Crippen LogP contribution in [0.3, 0.4) is 0 Å². The Morgan fingerprint density at radius 2 is 1.83 bits per heavy atom. The molecule has 1 amide bonds. The molecule has 1 aliphatic carbocycles. The number of hydrogen-bond donors (Lipinski definition) is 1. The van der Waals surface area contributed by atoms with Crippen LogP contribution < -0.4 is 14.8 Å². The van der Waals surface area contributed by atoms with Crippen LogP contribution in [0, 0.1) is 0 Å². The number of methoxy groups -OCH3 is 2. The third kappa shape index (κ3) is 3.70. The molecule has 0 saturated heterocycles. The first-order chi connectivity index (χ1) is 11.7. The van der Waals surface area contributed by atoms with Crippen molar-refractivity contribution in [3.63, 3.8) is 0 Å². The van der Waals surface area contributed by atoms with Crippen LogP contribution in [0.2, 0.25) is 0 Å². The Balaban J connectivity index is 1.59. The molecule has 0 saturated carbocycles. The average molecular weight is 325 g/mol. The van der Waals surface area contributed by atoms with Crippen LogP contribution in [0.4, 0.5) is 0 Å². The molecule has 24 heavy (non-hydrogen) atoms. The lowest BCUT2D eigenvalue weighted by molar-refractivity contribution is -0.121. The Morgan fingerprint density at radius 1 is 1.12 bits per heavy atom. The summed E-state index contributed by atoms with van der Waals surface area (Å²) in [7, 11) is 3.26. The van der Waals surface area contributed by atoms with Crippen molar-refractivity contribution in [2.24, 2.45) is 0 Å². The molecule has 4 nitrogen and oxygen atoms in total. The quantitative estimate of drug-likeness (QED) is 0.885. The van der Waals surface area contributed by atoms with Crippen molar-refractivity contribution in [2.75, 3.05) is 14.2 Å². The molecule has 0 aromatic heterocycles. The zero-order valence-corrected chi connectivity index (χ0v) is 14.2. The van der Waals surface area contributed by atoms with E-state index in [9.17, 15) is 4.79 Å². The number of fused-ring (bicyclic) bond motifs is 1. The van der Waals surface area contributed by atoms with E-state index >= 15 is 0 Å². The molecule has 1 N–H and O–H groups in total. The Kier molecular flexibility index (Phi) is 5.04. The number of rotatable bonds is 6. The second-order valence-electron chi connectivity index (χ2n) is 6.08. The summed E-state index contributed by atoms with van der Waals surface area (Å²) >= 11 is 0. The first-order valence-corrected chi connectivity index (χ1v) is 8.28. The molecule has 0 spiro atoms. The van der Waals surface area contributed by atoms with Crippen LogP contribution in [0.25, 0.3) is 0 Å². The first kappa shape index (κ1) is 16.4. The number of hydrogen-bond acceptors (Lipinski definition) is 3. The molecule has 0 fully saturated rings. The van der Waals surface area contributed by atoms with E-state index in [0.717, 1.165) is 29.9 Å². The summed E-state index contributed by atoms with van der Waals surface area (Å²) in [6.45, 7) is 0. The molecule has 3 rings (SSSR count). The maximum Gasteiger partial charge on any atom is 0.220 e. The Morgan fingerprint density at radius 3 is 2.54 bits per heavy atom. The number of aryl methyl sites for hydroxylation is 2. The summed E-state index contributed by atoms with van der Waals surface area (Å²) in [6, 6.07) is 14.2. The summed E-state index contributed by atoms with van der Waals surface area (Å²) in [5.74, 6) is 1.57. The van der Waals surface area contributed by atoms with E-state index in [0.29, 0.717) is 12.8 Å². The van der Waals surface area contributed by atoms with Gasteiger partial charge in [0.15, 0.2) is 0 Å². The maximum absolute atomic E-state index is 12.3. The van der Waals surface area contributed by atoms with Gasteiger partial charge in [-0.05, 0) is 48.1 Å². The van der Waals surface area contributed by atoms with Crippen molar-refractivity contribution < 1.29 is 14.3 Å². The largest absolute Gasteiger partial charge is 0.497 e. The molecule has 0 aliphatic heterocycles. The van der Waals surface area contributed by atoms with Crippen molar-refractivity contribution in [3.05, 3.63) is 59.2 Å². The van der Waals surface area contributed by atoms with Gasteiger partial charge in [-0.3, -0.25) is 4.79 Å². The number of carbonyl (C=O) groups is 1. The minimum atomic E-state index is 0.0819. The highest BCUT2D eigenvalue weighted by Gasteiger charge is 2.23. The van der Waals surface area contributed by atoms with Gasteiger partial charge in [-0.2, -0.15) is 0 Å². The molecule has 0 bridgehead atoms. The lowest BCUT2D eigenvalue weighted by Crippen LogP contribution is -2.27. The third-order valence-electron chi connectivity index (χ3n) is 4.52. The normalized spacial score (nSPS) is 15.7. The molecule has 1 atom stereocenters. The minimum Gasteiger partial charge on any atom is -0.497 e. The second kappa shape index (κ2) is 7.39. The van der Waals surface area contributed by atoms with Crippen molar-refractivity contribution in [3.8, 4) is 11.5 Å².